The Kier molecular flexibility index (Phi) is 3.77. The van der Waals surface area contributed by atoms with Crippen molar-refractivity contribution in [3.63, 3.8) is 0 Å². The molecule has 1 heterocycles. The number of hydrogen-bond acceptors (Lipinski definition) is 4. The predicted octanol–water partition coefficient (Wildman–Crippen LogP) is 4.40. The first-order valence-corrected chi connectivity index (χ1v) is 7.14. The molecule has 4 nitrogen and oxygen atoms in total. The summed E-state index contributed by atoms with van der Waals surface area (Å²) in [4.78, 5) is 15.8. The quantitative estimate of drug-likeness (QED) is 0.673. The molecule has 2 aromatic carbocycles. The summed E-state index contributed by atoms with van der Waals surface area (Å²) in [5.74, 6) is 1.07. The lowest BCUT2D eigenvalue weighted by molar-refractivity contribution is 0.108. The normalized spacial score (nSPS) is 10.7. The number of halogens is 1. The number of carbonyl (C=O) groups excluding carboxylic acids is 1. The van der Waals surface area contributed by atoms with Crippen molar-refractivity contribution in [1.29, 1.82) is 0 Å². The smallest absolute Gasteiger partial charge is 0.253 e. The zero-order chi connectivity index (χ0) is 15.7. The highest BCUT2D eigenvalue weighted by Crippen LogP contribution is 2.30. The van der Waals surface area contributed by atoms with Gasteiger partial charge in [-0.05, 0) is 47.3 Å². The molecule has 0 spiro atoms. The van der Waals surface area contributed by atoms with Gasteiger partial charge in [0.25, 0.3) is 5.24 Å². The third-order valence-electron chi connectivity index (χ3n) is 3.44. The molecule has 3 rings (SSSR count). The first-order valence-electron chi connectivity index (χ1n) is 6.77. The first-order chi connectivity index (χ1) is 10.6. The van der Waals surface area contributed by atoms with Gasteiger partial charge in [0.1, 0.15) is 0 Å². The van der Waals surface area contributed by atoms with Crippen LogP contribution < -0.4 is 0 Å². The van der Waals surface area contributed by atoms with Crippen molar-refractivity contribution in [3.05, 3.63) is 59.5 Å². The summed E-state index contributed by atoms with van der Waals surface area (Å²) in [6.07, 6.45) is 0. The van der Waals surface area contributed by atoms with E-state index in [0.717, 1.165) is 22.3 Å². The van der Waals surface area contributed by atoms with Crippen molar-refractivity contribution in [2.75, 3.05) is 0 Å². The standard InChI is InChI=1S/C17H13ClN2O2/c1-10-9-12(17-19-11(2)22-20-17)7-8-13(10)14-5-3-4-6-15(14)16(18)21/h3-9H,1-2H3. The first kappa shape index (κ1) is 14.5. The molecular weight excluding hydrogens is 300 g/mol. The van der Waals surface area contributed by atoms with Crippen LogP contribution in [0.15, 0.2) is 47.0 Å². The lowest BCUT2D eigenvalue weighted by Gasteiger charge is -2.10. The monoisotopic (exact) mass is 312 g/mol. The van der Waals surface area contributed by atoms with Crippen LogP contribution in [0.5, 0.6) is 0 Å². The topological polar surface area (TPSA) is 56.0 Å². The van der Waals surface area contributed by atoms with Crippen molar-refractivity contribution in [2.45, 2.75) is 13.8 Å². The lowest BCUT2D eigenvalue weighted by Crippen LogP contribution is -1.95. The molecule has 0 unspecified atom stereocenters. The van der Waals surface area contributed by atoms with Crippen LogP contribution in [-0.4, -0.2) is 15.4 Å². The van der Waals surface area contributed by atoms with Crippen LogP contribution in [0.1, 0.15) is 21.8 Å². The van der Waals surface area contributed by atoms with Gasteiger partial charge < -0.3 is 4.52 Å². The Labute approximate surface area is 132 Å². The number of rotatable bonds is 3. The fourth-order valence-electron chi connectivity index (χ4n) is 2.41. The maximum absolute atomic E-state index is 11.6. The summed E-state index contributed by atoms with van der Waals surface area (Å²) < 4.78 is 5.00. The summed E-state index contributed by atoms with van der Waals surface area (Å²) >= 11 is 5.67. The van der Waals surface area contributed by atoms with Crippen LogP contribution in [0.4, 0.5) is 0 Å². The molecule has 0 aliphatic carbocycles. The number of benzene rings is 2. The second-order valence-corrected chi connectivity index (χ2v) is 5.33. The van der Waals surface area contributed by atoms with E-state index in [4.69, 9.17) is 16.1 Å². The minimum atomic E-state index is -0.465. The second-order valence-electron chi connectivity index (χ2n) is 4.99. The van der Waals surface area contributed by atoms with Gasteiger partial charge in [-0.3, -0.25) is 4.79 Å². The fourth-order valence-corrected chi connectivity index (χ4v) is 2.58. The molecule has 0 atom stereocenters. The summed E-state index contributed by atoms with van der Waals surface area (Å²) in [5, 5.41) is 3.45. The number of hydrogen-bond donors (Lipinski definition) is 0. The van der Waals surface area contributed by atoms with Gasteiger partial charge in [0.2, 0.25) is 11.7 Å². The fraction of sp³-hybridized carbons (Fsp3) is 0.118. The Morgan fingerprint density at radius 2 is 1.86 bits per heavy atom. The Morgan fingerprint density at radius 3 is 2.50 bits per heavy atom. The third kappa shape index (κ3) is 2.65. The predicted molar refractivity (Wildman–Crippen MR) is 84.8 cm³/mol. The highest BCUT2D eigenvalue weighted by Gasteiger charge is 2.13. The molecule has 0 aliphatic heterocycles. The van der Waals surface area contributed by atoms with E-state index in [-0.39, 0.29) is 0 Å². The van der Waals surface area contributed by atoms with Gasteiger partial charge >= 0.3 is 0 Å². The summed E-state index contributed by atoms with van der Waals surface area (Å²) in [6.45, 7) is 3.72. The van der Waals surface area contributed by atoms with E-state index in [1.165, 1.54) is 0 Å². The van der Waals surface area contributed by atoms with Crippen molar-refractivity contribution in [3.8, 4) is 22.5 Å². The minimum absolute atomic E-state index is 0.465. The molecule has 0 radical (unpaired) electrons. The van der Waals surface area contributed by atoms with Crippen LogP contribution in [-0.2, 0) is 0 Å². The van der Waals surface area contributed by atoms with Gasteiger partial charge in [-0.2, -0.15) is 4.98 Å². The molecule has 0 fully saturated rings. The SMILES string of the molecule is Cc1nc(-c2ccc(-c3ccccc3C(=O)Cl)c(C)c2)no1. The van der Waals surface area contributed by atoms with Gasteiger partial charge in [0, 0.05) is 18.1 Å². The molecule has 0 saturated carbocycles. The highest BCUT2D eigenvalue weighted by atomic mass is 35.5. The van der Waals surface area contributed by atoms with Crippen LogP contribution in [0.3, 0.4) is 0 Å². The molecule has 22 heavy (non-hydrogen) atoms. The van der Waals surface area contributed by atoms with Crippen molar-refractivity contribution in [1.82, 2.24) is 10.1 Å². The Morgan fingerprint density at radius 1 is 1.09 bits per heavy atom. The van der Waals surface area contributed by atoms with E-state index in [2.05, 4.69) is 10.1 Å². The second kappa shape index (κ2) is 5.73. The van der Waals surface area contributed by atoms with Crippen molar-refractivity contribution in [2.24, 2.45) is 0 Å². The van der Waals surface area contributed by atoms with Crippen LogP contribution in [0.2, 0.25) is 0 Å². The van der Waals surface area contributed by atoms with Crippen LogP contribution in [0.25, 0.3) is 22.5 Å². The summed E-state index contributed by atoms with van der Waals surface area (Å²) in [5.41, 5.74) is 4.14. The minimum Gasteiger partial charge on any atom is -0.339 e. The molecular formula is C17H13ClN2O2. The average Bonchev–Trinajstić information content (AvgIpc) is 2.94. The number of aryl methyl sites for hydroxylation is 2. The van der Waals surface area contributed by atoms with Crippen molar-refractivity contribution < 1.29 is 9.32 Å². The third-order valence-corrected chi connectivity index (χ3v) is 3.64. The maximum Gasteiger partial charge on any atom is 0.253 e. The Balaban J connectivity index is 2.09. The highest BCUT2D eigenvalue weighted by molar-refractivity contribution is 6.68. The molecule has 0 amide bonds. The van der Waals surface area contributed by atoms with E-state index in [1.54, 1.807) is 19.1 Å². The molecule has 5 heteroatoms. The summed E-state index contributed by atoms with van der Waals surface area (Å²) in [6, 6.07) is 13.1. The molecule has 3 aromatic rings. The largest absolute Gasteiger partial charge is 0.339 e. The summed E-state index contributed by atoms with van der Waals surface area (Å²) in [7, 11) is 0. The van der Waals surface area contributed by atoms with Gasteiger partial charge in [0.05, 0.1) is 0 Å². The van der Waals surface area contributed by atoms with Gasteiger partial charge in [0.15, 0.2) is 0 Å². The molecule has 0 saturated heterocycles. The van der Waals surface area contributed by atoms with Gasteiger partial charge in [-0.15, -0.1) is 0 Å². The average molecular weight is 313 g/mol. The Hall–Kier alpha value is -2.46. The van der Waals surface area contributed by atoms with E-state index in [9.17, 15) is 4.79 Å². The van der Waals surface area contributed by atoms with E-state index >= 15 is 0 Å². The zero-order valence-corrected chi connectivity index (χ0v) is 12.9. The molecule has 0 bridgehead atoms. The van der Waals surface area contributed by atoms with E-state index < -0.39 is 5.24 Å². The maximum atomic E-state index is 11.6. The zero-order valence-electron chi connectivity index (χ0n) is 12.1. The Bertz CT molecular complexity index is 855. The number of carbonyl (C=O) groups is 1. The van der Waals surface area contributed by atoms with Crippen molar-refractivity contribution >= 4 is 16.8 Å². The van der Waals surface area contributed by atoms with E-state index in [0.29, 0.717) is 17.3 Å². The molecule has 0 aliphatic rings. The number of aromatic nitrogens is 2. The lowest BCUT2D eigenvalue weighted by atomic mass is 9.95. The van der Waals surface area contributed by atoms with Crippen LogP contribution in [0, 0.1) is 13.8 Å². The van der Waals surface area contributed by atoms with Crippen LogP contribution >= 0.6 is 11.6 Å². The van der Waals surface area contributed by atoms with Gasteiger partial charge in [-0.25, -0.2) is 0 Å². The van der Waals surface area contributed by atoms with E-state index in [1.807, 2.05) is 37.3 Å². The molecule has 1 aromatic heterocycles. The molecule has 110 valence electrons. The molecule has 0 N–H and O–H groups in total. The number of nitrogens with zero attached hydrogens (tertiary/aromatic N) is 2. The van der Waals surface area contributed by atoms with Gasteiger partial charge in [-0.1, -0.05) is 35.5 Å².